The van der Waals surface area contributed by atoms with Crippen molar-refractivity contribution in [1.82, 2.24) is 10.2 Å². The first-order valence-electron chi connectivity index (χ1n) is 7.25. The van der Waals surface area contributed by atoms with Gasteiger partial charge in [-0.1, -0.05) is 19.4 Å². The van der Waals surface area contributed by atoms with Crippen LogP contribution in [0.25, 0.3) is 0 Å². The van der Waals surface area contributed by atoms with Crippen LogP contribution < -0.4 is 5.32 Å². The van der Waals surface area contributed by atoms with E-state index in [9.17, 15) is 17.6 Å². The summed E-state index contributed by atoms with van der Waals surface area (Å²) in [4.78, 5) is 2.14. The lowest BCUT2D eigenvalue weighted by molar-refractivity contribution is -0.137. The molecule has 1 N–H and O–H groups in total. The maximum absolute atomic E-state index is 14.2. The lowest BCUT2D eigenvalue weighted by Crippen LogP contribution is -2.45. The van der Waals surface area contributed by atoms with E-state index < -0.39 is 17.6 Å². The summed E-state index contributed by atoms with van der Waals surface area (Å²) in [5, 5.41) is 3.22. The van der Waals surface area contributed by atoms with Gasteiger partial charge in [0.1, 0.15) is 5.82 Å². The fourth-order valence-electron chi connectivity index (χ4n) is 2.78. The molecule has 0 amide bonds. The van der Waals surface area contributed by atoms with E-state index in [0.717, 1.165) is 45.1 Å². The Bertz CT molecular complexity index is 477. The van der Waals surface area contributed by atoms with Crippen LogP contribution in [0.5, 0.6) is 0 Å². The molecule has 1 heterocycles. The monoisotopic (exact) mass is 376 g/mol. The number of halogens is 6. The van der Waals surface area contributed by atoms with Crippen molar-refractivity contribution < 1.29 is 17.6 Å². The first kappa shape index (κ1) is 22.4. The summed E-state index contributed by atoms with van der Waals surface area (Å²) in [5.74, 6) is -0.762. The quantitative estimate of drug-likeness (QED) is 0.781. The van der Waals surface area contributed by atoms with E-state index in [-0.39, 0.29) is 30.9 Å². The summed E-state index contributed by atoms with van der Waals surface area (Å²) in [6.45, 7) is 5.21. The van der Waals surface area contributed by atoms with E-state index in [2.05, 4.69) is 10.2 Å². The first-order chi connectivity index (χ1) is 9.93. The fourth-order valence-corrected chi connectivity index (χ4v) is 2.78. The molecule has 0 unspecified atom stereocenters. The molecule has 0 aliphatic carbocycles. The van der Waals surface area contributed by atoms with Gasteiger partial charge in [-0.3, -0.25) is 4.90 Å². The number of hydrogen-bond donors (Lipinski definition) is 1. The van der Waals surface area contributed by atoms with Crippen LogP contribution in [0.3, 0.4) is 0 Å². The summed E-state index contributed by atoms with van der Waals surface area (Å²) in [6.07, 6.45) is -2.91. The molecule has 1 atom stereocenters. The lowest BCUT2D eigenvalue weighted by Gasteiger charge is -2.35. The van der Waals surface area contributed by atoms with Crippen molar-refractivity contribution in [3.63, 3.8) is 0 Å². The SMILES string of the molecule is CCC[C@H](c1ccc(C(F)(F)F)cc1F)N1CCNCC1.Cl.Cl. The van der Waals surface area contributed by atoms with Gasteiger partial charge < -0.3 is 5.32 Å². The molecule has 2 rings (SSSR count). The molecule has 134 valence electrons. The summed E-state index contributed by atoms with van der Waals surface area (Å²) in [5.41, 5.74) is -0.564. The molecule has 0 radical (unpaired) electrons. The molecular weight excluding hydrogens is 355 g/mol. The molecule has 0 spiro atoms. The van der Waals surface area contributed by atoms with Crippen LogP contribution in [0.15, 0.2) is 18.2 Å². The average Bonchev–Trinajstić information content (AvgIpc) is 2.45. The predicted molar refractivity (Wildman–Crippen MR) is 88.0 cm³/mol. The van der Waals surface area contributed by atoms with E-state index >= 15 is 0 Å². The van der Waals surface area contributed by atoms with Crippen LogP contribution in [0, 0.1) is 5.82 Å². The van der Waals surface area contributed by atoms with E-state index in [0.29, 0.717) is 11.6 Å². The van der Waals surface area contributed by atoms with Gasteiger partial charge in [0.25, 0.3) is 0 Å². The van der Waals surface area contributed by atoms with Crippen LogP contribution in [0.4, 0.5) is 17.6 Å². The standard InChI is InChI=1S/C15H20F4N2.2ClH/c1-2-3-14(21-8-6-20-7-9-21)12-5-4-11(10-13(12)16)15(17,18)19;;/h4-5,10,14,20H,2-3,6-9H2,1H3;2*1H/t14-;;/m1../s1. The lowest BCUT2D eigenvalue weighted by atomic mass is 9.98. The summed E-state index contributed by atoms with van der Waals surface area (Å²) >= 11 is 0. The average molecular weight is 377 g/mol. The topological polar surface area (TPSA) is 15.3 Å². The van der Waals surface area contributed by atoms with Crippen LogP contribution in [-0.2, 0) is 6.18 Å². The predicted octanol–water partition coefficient (Wildman–Crippen LogP) is 4.43. The molecule has 0 aromatic heterocycles. The van der Waals surface area contributed by atoms with Gasteiger partial charge in [0.2, 0.25) is 0 Å². The molecule has 23 heavy (non-hydrogen) atoms. The van der Waals surface area contributed by atoms with Crippen molar-refractivity contribution in [3.05, 3.63) is 35.1 Å². The highest BCUT2D eigenvalue weighted by Gasteiger charge is 2.32. The molecule has 1 aliphatic heterocycles. The molecule has 1 saturated heterocycles. The Morgan fingerprint density at radius 1 is 1.17 bits per heavy atom. The number of alkyl halides is 3. The summed E-state index contributed by atoms with van der Waals surface area (Å²) in [7, 11) is 0. The van der Waals surface area contributed by atoms with Crippen LogP contribution >= 0.6 is 24.8 Å². The molecule has 1 fully saturated rings. The molecule has 2 nitrogen and oxygen atoms in total. The fraction of sp³-hybridized carbons (Fsp3) is 0.600. The largest absolute Gasteiger partial charge is 0.416 e. The number of nitrogens with one attached hydrogen (secondary N) is 1. The minimum atomic E-state index is -4.51. The summed E-state index contributed by atoms with van der Waals surface area (Å²) < 4.78 is 52.0. The van der Waals surface area contributed by atoms with Crippen molar-refractivity contribution in [1.29, 1.82) is 0 Å². The second-order valence-electron chi connectivity index (χ2n) is 5.32. The Morgan fingerprint density at radius 2 is 1.78 bits per heavy atom. The normalized spacial score (nSPS) is 17.1. The van der Waals surface area contributed by atoms with Gasteiger partial charge in [-0.05, 0) is 18.6 Å². The number of benzene rings is 1. The highest BCUT2D eigenvalue weighted by Crippen LogP contribution is 2.34. The smallest absolute Gasteiger partial charge is 0.314 e. The molecule has 0 saturated carbocycles. The molecule has 0 bridgehead atoms. The maximum Gasteiger partial charge on any atom is 0.416 e. The van der Waals surface area contributed by atoms with E-state index in [1.807, 2.05) is 6.92 Å². The third-order valence-electron chi connectivity index (χ3n) is 3.84. The van der Waals surface area contributed by atoms with Crippen molar-refractivity contribution in [2.75, 3.05) is 26.2 Å². The van der Waals surface area contributed by atoms with E-state index in [1.165, 1.54) is 6.07 Å². The van der Waals surface area contributed by atoms with Crippen molar-refractivity contribution in [2.24, 2.45) is 0 Å². The Morgan fingerprint density at radius 3 is 2.26 bits per heavy atom. The Balaban J connectivity index is 0.00000242. The highest BCUT2D eigenvalue weighted by atomic mass is 35.5. The zero-order valence-electron chi connectivity index (χ0n) is 12.8. The molecule has 8 heteroatoms. The van der Waals surface area contributed by atoms with Crippen LogP contribution in [0.2, 0.25) is 0 Å². The van der Waals surface area contributed by atoms with Gasteiger partial charge in [0.15, 0.2) is 0 Å². The third kappa shape index (κ3) is 5.78. The zero-order chi connectivity index (χ0) is 15.5. The Labute approximate surface area is 146 Å². The summed E-state index contributed by atoms with van der Waals surface area (Å²) in [6, 6.07) is 2.73. The molecule has 1 aromatic rings. The van der Waals surface area contributed by atoms with Crippen molar-refractivity contribution in [2.45, 2.75) is 32.0 Å². The first-order valence-corrected chi connectivity index (χ1v) is 7.25. The molecule has 1 aromatic carbocycles. The minimum absolute atomic E-state index is 0. The minimum Gasteiger partial charge on any atom is -0.314 e. The second-order valence-corrected chi connectivity index (χ2v) is 5.32. The van der Waals surface area contributed by atoms with Gasteiger partial charge >= 0.3 is 6.18 Å². The van der Waals surface area contributed by atoms with Crippen LogP contribution in [0.1, 0.15) is 36.9 Å². The van der Waals surface area contributed by atoms with Gasteiger partial charge in [-0.15, -0.1) is 24.8 Å². The Kier molecular flexibility index (Phi) is 9.43. The van der Waals surface area contributed by atoms with Crippen molar-refractivity contribution in [3.8, 4) is 0 Å². The zero-order valence-corrected chi connectivity index (χ0v) is 14.5. The van der Waals surface area contributed by atoms with Gasteiger partial charge in [0.05, 0.1) is 5.56 Å². The highest BCUT2D eigenvalue weighted by molar-refractivity contribution is 5.85. The van der Waals surface area contributed by atoms with E-state index in [1.54, 1.807) is 0 Å². The maximum atomic E-state index is 14.2. The number of hydrogen-bond acceptors (Lipinski definition) is 2. The Hall–Kier alpha value is -0.560. The van der Waals surface area contributed by atoms with Gasteiger partial charge in [-0.25, -0.2) is 4.39 Å². The van der Waals surface area contributed by atoms with Gasteiger partial charge in [-0.2, -0.15) is 13.2 Å². The van der Waals surface area contributed by atoms with Crippen LogP contribution in [-0.4, -0.2) is 31.1 Å². The number of rotatable bonds is 4. The van der Waals surface area contributed by atoms with Gasteiger partial charge in [0, 0.05) is 37.8 Å². The number of piperazine rings is 1. The third-order valence-corrected chi connectivity index (χ3v) is 3.84. The van der Waals surface area contributed by atoms with Crippen molar-refractivity contribution >= 4 is 24.8 Å². The number of nitrogens with zero attached hydrogens (tertiary/aromatic N) is 1. The molecular formula is C15H22Cl2F4N2. The second kappa shape index (κ2) is 9.67. The van der Waals surface area contributed by atoms with E-state index in [4.69, 9.17) is 0 Å². The molecule has 1 aliphatic rings.